The molecule has 2 nitrogen and oxygen atoms in total. The number of rotatable bonds is 4. The van der Waals surface area contributed by atoms with E-state index in [0.29, 0.717) is 0 Å². The third-order valence-corrected chi connectivity index (χ3v) is 1.35. The van der Waals surface area contributed by atoms with Gasteiger partial charge >= 0.3 is 6.18 Å². The van der Waals surface area contributed by atoms with Gasteiger partial charge in [-0.1, -0.05) is 0 Å². The first-order chi connectivity index (χ1) is 5.02. The van der Waals surface area contributed by atoms with Crippen LogP contribution >= 0.6 is 0 Å². The van der Waals surface area contributed by atoms with Gasteiger partial charge in [0.05, 0.1) is 12.5 Å². The summed E-state index contributed by atoms with van der Waals surface area (Å²) in [7, 11) is 1.25. The van der Waals surface area contributed by atoms with Gasteiger partial charge in [-0.2, -0.15) is 13.2 Å². The Morgan fingerprint density at radius 1 is 1.45 bits per heavy atom. The molecule has 0 radical (unpaired) electrons. The third kappa shape index (κ3) is 4.21. The Morgan fingerprint density at radius 3 is 2.27 bits per heavy atom. The molecule has 11 heavy (non-hydrogen) atoms. The molecule has 0 fully saturated rings. The lowest BCUT2D eigenvalue weighted by Gasteiger charge is -2.17. The zero-order valence-electron chi connectivity index (χ0n) is 6.32. The van der Waals surface area contributed by atoms with Crippen LogP contribution in [0.25, 0.3) is 0 Å². The van der Waals surface area contributed by atoms with Crippen molar-refractivity contribution in [3.8, 4) is 0 Å². The van der Waals surface area contributed by atoms with Crippen LogP contribution in [0.15, 0.2) is 0 Å². The molecule has 0 aliphatic carbocycles. The summed E-state index contributed by atoms with van der Waals surface area (Å²) in [5.41, 5.74) is 5.00. The van der Waals surface area contributed by atoms with Gasteiger partial charge in [-0.3, -0.25) is 0 Å². The molecular formula is C6H12F3NO. The first-order valence-electron chi connectivity index (χ1n) is 3.28. The fraction of sp³-hybridized carbons (Fsp3) is 1.00. The zero-order valence-corrected chi connectivity index (χ0v) is 6.32. The minimum Gasteiger partial charge on any atom is -0.384 e. The average Bonchev–Trinajstić information content (AvgIpc) is 1.85. The van der Waals surface area contributed by atoms with Crippen molar-refractivity contribution in [1.29, 1.82) is 0 Å². The Bertz CT molecular complexity index is 98.5. The van der Waals surface area contributed by atoms with Gasteiger partial charge in [-0.05, 0) is 13.0 Å². The van der Waals surface area contributed by atoms with E-state index >= 15 is 0 Å². The smallest absolute Gasteiger partial charge is 0.384 e. The number of hydrogen-bond acceptors (Lipinski definition) is 2. The number of halogens is 3. The molecule has 0 bridgehead atoms. The highest BCUT2D eigenvalue weighted by Gasteiger charge is 2.38. The summed E-state index contributed by atoms with van der Waals surface area (Å²) >= 11 is 0. The van der Waals surface area contributed by atoms with Gasteiger partial charge in [0, 0.05) is 7.11 Å². The minimum atomic E-state index is -4.19. The summed E-state index contributed by atoms with van der Waals surface area (Å²) < 4.78 is 40.3. The standard InChI is InChI=1S/C6H12F3NO/c1-11-4-5(2-3-10)6(7,8)9/h5H,2-4,10H2,1H3. The molecule has 0 rings (SSSR count). The van der Waals surface area contributed by atoms with Crippen molar-refractivity contribution in [1.82, 2.24) is 0 Å². The van der Waals surface area contributed by atoms with E-state index < -0.39 is 12.1 Å². The van der Waals surface area contributed by atoms with Crippen LogP contribution in [-0.2, 0) is 4.74 Å². The molecule has 0 saturated heterocycles. The van der Waals surface area contributed by atoms with Gasteiger partial charge in [0.15, 0.2) is 0 Å². The summed E-state index contributed by atoms with van der Waals surface area (Å²) in [6.07, 6.45) is -4.26. The molecule has 0 amide bonds. The van der Waals surface area contributed by atoms with Gasteiger partial charge in [-0.15, -0.1) is 0 Å². The molecule has 0 aliphatic rings. The van der Waals surface area contributed by atoms with Crippen molar-refractivity contribution in [2.75, 3.05) is 20.3 Å². The van der Waals surface area contributed by atoms with E-state index in [2.05, 4.69) is 4.74 Å². The van der Waals surface area contributed by atoms with Crippen LogP contribution in [-0.4, -0.2) is 26.4 Å². The molecule has 0 heterocycles. The van der Waals surface area contributed by atoms with E-state index in [9.17, 15) is 13.2 Å². The van der Waals surface area contributed by atoms with Crippen molar-refractivity contribution >= 4 is 0 Å². The maximum Gasteiger partial charge on any atom is 0.394 e. The lowest BCUT2D eigenvalue weighted by atomic mass is 10.1. The molecule has 0 saturated carbocycles. The molecule has 1 unspecified atom stereocenters. The Labute approximate surface area is 63.5 Å². The highest BCUT2D eigenvalue weighted by Crippen LogP contribution is 2.28. The Hall–Kier alpha value is -0.290. The van der Waals surface area contributed by atoms with Crippen molar-refractivity contribution in [3.63, 3.8) is 0 Å². The van der Waals surface area contributed by atoms with Crippen molar-refractivity contribution in [3.05, 3.63) is 0 Å². The average molecular weight is 171 g/mol. The topological polar surface area (TPSA) is 35.2 Å². The minimum absolute atomic E-state index is 0.0353. The summed E-state index contributed by atoms with van der Waals surface area (Å²) in [5, 5.41) is 0. The lowest BCUT2D eigenvalue weighted by molar-refractivity contribution is -0.187. The predicted octanol–water partition coefficient (Wildman–Crippen LogP) is 1.16. The van der Waals surface area contributed by atoms with E-state index in [1.54, 1.807) is 0 Å². The van der Waals surface area contributed by atoms with Gasteiger partial charge in [0.25, 0.3) is 0 Å². The second-order valence-electron chi connectivity index (χ2n) is 2.27. The van der Waals surface area contributed by atoms with Crippen LogP contribution in [0.2, 0.25) is 0 Å². The number of nitrogens with two attached hydrogens (primary N) is 1. The summed E-state index contributed by atoms with van der Waals surface area (Å²) in [6.45, 7) is -0.270. The van der Waals surface area contributed by atoms with Crippen LogP contribution in [0.1, 0.15) is 6.42 Å². The second kappa shape index (κ2) is 4.56. The molecule has 2 N–H and O–H groups in total. The maximum atomic E-state index is 12.0. The quantitative estimate of drug-likeness (QED) is 0.688. The molecule has 5 heteroatoms. The molecule has 0 spiro atoms. The second-order valence-corrected chi connectivity index (χ2v) is 2.27. The van der Waals surface area contributed by atoms with Gasteiger partial charge in [0.2, 0.25) is 0 Å². The highest BCUT2D eigenvalue weighted by molar-refractivity contribution is 4.66. The predicted molar refractivity (Wildman–Crippen MR) is 35.1 cm³/mol. The molecule has 0 aromatic heterocycles. The number of alkyl halides is 3. The monoisotopic (exact) mass is 171 g/mol. The van der Waals surface area contributed by atoms with Crippen LogP contribution < -0.4 is 5.73 Å². The van der Waals surface area contributed by atoms with Crippen LogP contribution in [0.3, 0.4) is 0 Å². The van der Waals surface area contributed by atoms with Gasteiger partial charge < -0.3 is 10.5 Å². The van der Waals surface area contributed by atoms with Crippen molar-refractivity contribution in [2.45, 2.75) is 12.6 Å². The van der Waals surface area contributed by atoms with Gasteiger partial charge in [-0.25, -0.2) is 0 Å². The molecule has 0 aromatic carbocycles. The van der Waals surface area contributed by atoms with Crippen LogP contribution in [0.5, 0.6) is 0 Å². The number of ether oxygens (including phenoxy) is 1. The summed E-state index contributed by atoms with van der Waals surface area (Å²) in [6, 6.07) is 0. The molecular weight excluding hydrogens is 159 g/mol. The lowest BCUT2D eigenvalue weighted by Crippen LogP contribution is -2.29. The van der Waals surface area contributed by atoms with E-state index in [-0.39, 0.29) is 19.6 Å². The maximum absolute atomic E-state index is 12.0. The largest absolute Gasteiger partial charge is 0.394 e. The molecule has 0 aromatic rings. The third-order valence-electron chi connectivity index (χ3n) is 1.35. The van der Waals surface area contributed by atoms with Gasteiger partial charge in [0.1, 0.15) is 0 Å². The van der Waals surface area contributed by atoms with Crippen molar-refractivity contribution in [2.24, 2.45) is 11.7 Å². The number of methoxy groups -OCH3 is 1. The normalized spacial score (nSPS) is 15.0. The SMILES string of the molecule is COCC(CCN)C(F)(F)F. The van der Waals surface area contributed by atoms with E-state index in [0.717, 1.165) is 0 Å². The Morgan fingerprint density at radius 2 is 2.00 bits per heavy atom. The van der Waals surface area contributed by atoms with Crippen LogP contribution in [0, 0.1) is 5.92 Å². The summed E-state index contributed by atoms with van der Waals surface area (Å²) in [4.78, 5) is 0. The van der Waals surface area contributed by atoms with E-state index in [1.807, 2.05) is 0 Å². The van der Waals surface area contributed by atoms with E-state index in [1.165, 1.54) is 7.11 Å². The van der Waals surface area contributed by atoms with Crippen molar-refractivity contribution < 1.29 is 17.9 Å². The summed E-state index contributed by atoms with van der Waals surface area (Å²) in [5.74, 6) is -1.42. The number of hydrogen-bond donors (Lipinski definition) is 1. The Kier molecular flexibility index (Phi) is 4.44. The fourth-order valence-corrected chi connectivity index (χ4v) is 0.744. The molecule has 68 valence electrons. The first-order valence-corrected chi connectivity index (χ1v) is 3.28. The fourth-order valence-electron chi connectivity index (χ4n) is 0.744. The Balaban J connectivity index is 3.88. The van der Waals surface area contributed by atoms with Crippen LogP contribution in [0.4, 0.5) is 13.2 Å². The first kappa shape index (κ1) is 10.7. The van der Waals surface area contributed by atoms with E-state index in [4.69, 9.17) is 5.73 Å². The molecule has 0 aliphatic heterocycles. The molecule has 1 atom stereocenters. The zero-order chi connectivity index (χ0) is 8.91. The highest BCUT2D eigenvalue weighted by atomic mass is 19.4.